The van der Waals surface area contributed by atoms with E-state index < -0.39 is 11.4 Å². The summed E-state index contributed by atoms with van der Waals surface area (Å²) < 4.78 is 5.53. The lowest BCUT2D eigenvalue weighted by atomic mass is 9.61. The molecule has 1 aliphatic heterocycles. The van der Waals surface area contributed by atoms with Crippen molar-refractivity contribution in [3.05, 3.63) is 36.0 Å². The number of carbonyl (C=O) groups excluding carboxylic acids is 1. The quantitative estimate of drug-likeness (QED) is 0.367. The molecular weight excluding hydrogens is 400 g/mol. The summed E-state index contributed by atoms with van der Waals surface area (Å²) >= 11 is 0. The zero-order valence-electron chi connectivity index (χ0n) is 21.0. The highest BCUT2D eigenvalue weighted by Gasteiger charge is 2.39. The minimum absolute atomic E-state index is 0.00201. The van der Waals surface area contributed by atoms with Gasteiger partial charge in [-0.05, 0) is 102 Å². The van der Waals surface area contributed by atoms with Gasteiger partial charge < -0.3 is 9.84 Å². The normalized spacial score (nSPS) is 33.2. The van der Waals surface area contributed by atoms with E-state index in [9.17, 15) is 9.59 Å². The largest absolute Gasteiger partial charge is 0.481 e. The second-order valence-corrected chi connectivity index (χ2v) is 10.6. The first-order valence-corrected chi connectivity index (χ1v) is 12.5. The summed E-state index contributed by atoms with van der Waals surface area (Å²) in [5, 5.41) is 8.44. The molecule has 2 fully saturated rings. The first-order valence-electron chi connectivity index (χ1n) is 12.5. The minimum atomic E-state index is -0.722. The number of rotatable bonds is 5. The Morgan fingerprint density at radius 3 is 2.53 bits per heavy atom. The third-order valence-corrected chi connectivity index (χ3v) is 7.74. The molecule has 1 saturated heterocycles. The van der Waals surface area contributed by atoms with E-state index in [1.54, 1.807) is 13.8 Å². The number of cyclic esters (lactones) is 1. The Labute approximate surface area is 195 Å². The number of fused-ring (bicyclic) bond motifs is 1. The van der Waals surface area contributed by atoms with E-state index in [2.05, 4.69) is 51.2 Å². The summed E-state index contributed by atoms with van der Waals surface area (Å²) in [6.45, 7) is 12.0. The van der Waals surface area contributed by atoms with Crippen molar-refractivity contribution in [1.29, 1.82) is 0 Å². The van der Waals surface area contributed by atoms with Gasteiger partial charge in [-0.25, -0.2) is 0 Å². The lowest BCUT2D eigenvalue weighted by molar-refractivity contribution is -0.151. The fourth-order valence-corrected chi connectivity index (χ4v) is 5.36. The molecule has 0 amide bonds. The molecule has 3 aliphatic rings. The van der Waals surface area contributed by atoms with Crippen LogP contribution in [0.2, 0.25) is 0 Å². The Morgan fingerprint density at radius 1 is 1.25 bits per heavy atom. The fraction of sp³-hybridized carbons (Fsp3) is 0.714. The van der Waals surface area contributed by atoms with E-state index in [1.165, 1.54) is 24.8 Å². The van der Waals surface area contributed by atoms with Gasteiger partial charge >= 0.3 is 11.9 Å². The lowest BCUT2D eigenvalue weighted by Crippen LogP contribution is -2.36. The molecule has 0 spiro atoms. The van der Waals surface area contributed by atoms with Crippen molar-refractivity contribution >= 4 is 11.9 Å². The third-order valence-electron chi connectivity index (χ3n) is 7.74. The highest BCUT2D eigenvalue weighted by Crippen LogP contribution is 2.47. The number of carbonyl (C=O) groups is 2. The van der Waals surface area contributed by atoms with Crippen LogP contribution in [0.25, 0.3) is 0 Å². The molecule has 0 radical (unpaired) electrons. The van der Waals surface area contributed by atoms with Crippen molar-refractivity contribution in [2.45, 2.75) is 92.6 Å². The first-order chi connectivity index (χ1) is 15.1. The number of hydrogen-bond acceptors (Lipinski definition) is 3. The molecule has 4 heteroatoms. The summed E-state index contributed by atoms with van der Waals surface area (Å²) in [6, 6.07) is 0. The Kier molecular flexibility index (Phi) is 9.79. The Hall–Kier alpha value is -1.84. The van der Waals surface area contributed by atoms with Crippen molar-refractivity contribution in [2.75, 3.05) is 0 Å². The summed E-state index contributed by atoms with van der Waals surface area (Å²) in [5.74, 6) is 2.64. The maximum atomic E-state index is 11.6. The number of aliphatic carboxylic acids is 1. The molecule has 0 aromatic rings. The average molecular weight is 445 g/mol. The van der Waals surface area contributed by atoms with E-state index in [-0.39, 0.29) is 12.1 Å². The average Bonchev–Trinajstić information content (AvgIpc) is 2.74. The van der Waals surface area contributed by atoms with Crippen LogP contribution in [-0.4, -0.2) is 23.1 Å². The maximum absolute atomic E-state index is 11.6. The summed E-state index contributed by atoms with van der Waals surface area (Å²) in [7, 11) is 0. The van der Waals surface area contributed by atoms with Gasteiger partial charge in [0.05, 0.1) is 5.41 Å². The molecule has 3 rings (SSSR count). The molecule has 1 N–H and O–H groups in total. The van der Waals surface area contributed by atoms with Crippen molar-refractivity contribution in [2.24, 2.45) is 35.0 Å². The minimum Gasteiger partial charge on any atom is -0.481 e. The van der Waals surface area contributed by atoms with Crippen LogP contribution in [0.15, 0.2) is 36.0 Å². The van der Waals surface area contributed by atoms with Gasteiger partial charge in [-0.3, -0.25) is 9.59 Å². The predicted octanol–water partition coefficient (Wildman–Crippen LogP) is 6.97. The second kappa shape index (κ2) is 11.9. The van der Waals surface area contributed by atoms with Gasteiger partial charge in [0.25, 0.3) is 0 Å². The number of carboxylic acids is 1. The second-order valence-electron chi connectivity index (χ2n) is 10.6. The van der Waals surface area contributed by atoms with Crippen LogP contribution in [0.5, 0.6) is 0 Å². The van der Waals surface area contributed by atoms with Gasteiger partial charge in [0, 0.05) is 6.42 Å². The summed E-state index contributed by atoms with van der Waals surface area (Å²) in [4.78, 5) is 21.8. The number of esters is 1. The highest BCUT2D eigenvalue weighted by molar-refractivity contribution is 5.73. The van der Waals surface area contributed by atoms with Gasteiger partial charge in [-0.1, -0.05) is 43.7 Å². The Balaban J connectivity index is 0.000000390. The standard InChI is InChI=1S/C22H32O2.C6H12O2/c1-4-6-17-10-12-20-18(14-17)11-9-15(2)22(20)16(3)13-19-7-5-8-21(23)24-19;1-4-6(2,3)5(7)8/h4,6,9,11,13,15,17-20,22H,5,7-8,10,12,14H2,1-3H3;4H2,1-3H3,(H,7,8)/b6-4+,16-13+;/t15-,17+,18?,19-,20-,22?;/m0./s1. The third kappa shape index (κ3) is 7.08. The van der Waals surface area contributed by atoms with E-state index in [0.29, 0.717) is 30.6 Å². The number of carboxylic acid groups (broad SMARTS) is 1. The lowest BCUT2D eigenvalue weighted by Gasteiger charge is -2.44. The topological polar surface area (TPSA) is 63.6 Å². The molecular formula is C28H44O4. The SMILES string of the molecule is C/C=C/[C@@H]1CC[C@H]2C(C=C[C@H](C)C2/C(C)=C/[C@@H]2CCCC(=O)O2)C1.CCC(C)(C)C(=O)O. The monoisotopic (exact) mass is 444 g/mol. The van der Waals surface area contributed by atoms with Crippen LogP contribution < -0.4 is 0 Å². The first kappa shape index (κ1) is 26.4. The molecule has 1 saturated carbocycles. The number of ether oxygens (including phenoxy) is 1. The van der Waals surface area contributed by atoms with E-state index in [0.717, 1.165) is 24.7 Å². The van der Waals surface area contributed by atoms with Crippen LogP contribution in [0.1, 0.15) is 86.5 Å². The predicted molar refractivity (Wildman–Crippen MR) is 130 cm³/mol. The maximum Gasteiger partial charge on any atom is 0.309 e. The van der Waals surface area contributed by atoms with Gasteiger partial charge in [-0.2, -0.15) is 0 Å². The fourth-order valence-electron chi connectivity index (χ4n) is 5.36. The van der Waals surface area contributed by atoms with Gasteiger partial charge in [0.15, 0.2) is 0 Å². The van der Waals surface area contributed by atoms with Gasteiger partial charge in [-0.15, -0.1) is 0 Å². The smallest absolute Gasteiger partial charge is 0.309 e. The zero-order valence-corrected chi connectivity index (χ0v) is 21.0. The van der Waals surface area contributed by atoms with Gasteiger partial charge in [0.2, 0.25) is 0 Å². The van der Waals surface area contributed by atoms with Crippen LogP contribution in [-0.2, 0) is 14.3 Å². The summed E-state index contributed by atoms with van der Waals surface area (Å²) in [6.07, 6.45) is 18.9. The van der Waals surface area contributed by atoms with Crippen LogP contribution >= 0.6 is 0 Å². The van der Waals surface area contributed by atoms with Crippen molar-refractivity contribution in [3.63, 3.8) is 0 Å². The molecule has 2 aliphatic carbocycles. The van der Waals surface area contributed by atoms with Crippen molar-refractivity contribution in [1.82, 2.24) is 0 Å². The van der Waals surface area contributed by atoms with Gasteiger partial charge in [0.1, 0.15) is 6.10 Å². The molecule has 180 valence electrons. The van der Waals surface area contributed by atoms with E-state index in [1.807, 2.05) is 6.92 Å². The molecule has 1 heterocycles. The molecule has 0 aromatic heterocycles. The van der Waals surface area contributed by atoms with E-state index in [4.69, 9.17) is 9.84 Å². The Bertz CT molecular complexity index is 730. The number of allylic oxidation sites excluding steroid dienone is 5. The van der Waals surface area contributed by atoms with Crippen LogP contribution in [0.3, 0.4) is 0 Å². The molecule has 2 unspecified atom stereocenters. The Morgan fingerprint density at radius 2 is 1.97 bits per heavy atom. The molecule has 6 atom stereocenters. The molecule has 0 bridgehead atoms. The molecule has 32 heavy (non-hydrogen) atoms. The molecule has 0 aromatic carbocycles. The highest BCUT2D eigenvalue weighted by atomic mass is 16.5. The summed E-state index contributed by atoms with van der Waals surface area (Å²) in [5.41, 5.74) is 0.894. The number of hydrogen-bond donors (Lipinski definition) is 1. The molecule has 4 nitrogen and oxygen atoms in total. The van der Waals surface area contributed by atoms with E-state index >= 15 is 0 Å². The van der Waals surface area contributed by atoms with Crippen LogP contribution in [0, 0.1) is 35.0 Å². The zero-order chi connectivity index (χ0) is 23.9. The van der Waals surface area contributed by atoms with Crippen molar-refractivity contribution < 1.29 is 19.4 Å². The van der Waals surface area contributed by atoms with Crippen molar-refractivity contribution in [3.8, 4) is 0 Å². The van der Waals surface area contributed by atoms with Crippen LogP contribution in [0.4, 0.5) is 0 Å².